The van der Waals surface area contributed by atoms with Gasteiger partial charge in [0.2, 0.25) is 11.6 Å². The van der Waals surface area contributed by atoms with Crippen LogP contribution in [0, 0.1) is 23.5 Å². The van der Waals surface area contributed by atoms with Crippen LogP contribution in [-0.4, -0.2) is 22.5 Å². The minimum Gasteiger partial charge on any atom is -0.377 e. The van der Waals surface area contributed by atoms with Crippen molar-refractivity contribution < 1.29 is 17.6 Å². The summed E-state index contributed by atoms with van der Waals surface area (Å²) in [4.78, 5) is 2.50. The van der Waals surface area contributed by atoms with Crippen molar-refractivity contribution in [1.82, 2.24) is 4.98 Å². The molecule has 0 spiro atoms. The largest absolute Gasteiger partial charge is 0.377 e. The molecule has 0 atom stereocenters. The minimum absolute atomic E-state index is 0.165. The lowest BCUT2D eigenvalue weighted by atomic mass is 10.1. The molecule has 0 amide bonds. The molecule has 94 valence electrons. The number of anilines is 1. The Morgan fingerprint density at radius 3 is 2.06 bits per heavy atom. The Morgan fingerprint density at radius 1 is 1.00 bits per heavy atom. The average Bonchev–Trinajstić information content (AvgIpc) is 2.33. The van der Waals surface area contributed by atoms with Gasteiger partial charge in [0.25, 0.3) is 11.9 Å². The first kappa shape index (κ1) is 12.5. The van der Waals surface area contributed by atoms with Crippen LogP contribution in [0.3, 0.4) is 0 Å². The molecule has 1 saturated heterocycles. The molecule has 17 heavy (non-hydrogen) atoms. The van der Waals surface area contributed by atoms with E-state index in [0.29, 0.717) is 12.8 Å². The molecule has 1 aliphatic heterocycles. The van der Waals surface area contributed by atoms with E-state index in [-0.39, 0.29) is 6.04 Å². The number of halogens is 4. The van der Waals surface area contributed by atoms with E-state index < -0.39 is 29.2 Å². The van der Waals surface area contributed by atoms with Crippen molar-refractivity contribution in [2.75, 3.05) is 16.8 Å². The van der Waals surface area contributed by atoms with Crippen molar-refractivity contribution in [3.8, 4) is 0 Å². The second-order valence-corrected chi connectivity index (χ2v) is 4.95. The summed E-state index contributed by atoms with van der Waals surface area (Å²) in [6.45, 7) is 0. The van der Waals surface area contributed by atoms with Crippen molar-refractivity contribution in [3.63, 3.8) is 0 Å². The number of hydrogen-bond donors (Lipinski definition) is 1. The van der Waals surface area contributed by atoms with Gasteiger partial charge in [-0.1, -0.05) is 0 Å². The Kier molecular flexibility index (Phi) is 3.76. The van der Waals surface area contributed by atoms with E-state index in [1.165, 1.54) is 0 Å². The molecule has 2 nitrogen and oxygen atoms in total. The van der Waals surface area contributed by atoms with E-state index in [4.69, 9.17) is 0 Å². The maximum absolute atomic E-state index is 13.3. The first-order valence-electron chi connectivity index (χ1n) is 5.14. The predicted molar refractivity (Wildman–Crippen MR) is 58.0 cm³/mol. The monoisotopic (exact) mass is 266 g/mol. The zero-order valence-corrected chi connectivity index (χ0v) is 9.59. The highest BCUT2D eigenvalue weighted by Crippen LogP contribution is 2.26. The summed E-state index contributed by atoms with van der Waals surface area (Å²) >= 11 is 1.74. The molecule has 2 heterocycles. The van der Waals surface area contributed by atoms with E-state index in [1.807, 2.05) is 0 Å². The third-order valence-electron chi connectivity index (χ3n) is 2.57. The number of hydrogen-bond acceptors (Lipinski definition) is 3. The number of nitrogens with zero attached hydrogens (tertiary/aromatic N) is 1. The van der Waals surface area contributed by atoms with Gasteiger partial charge in [0.15, 0.2) is 0 Å². The van der Waals surface area contributed by atoms with E-state index in [1.54, 1.807) is 11.8 Å². The zero-order chi connectivity index (χ0) is 12.4. The molecule has 7 heteroatoms. The molecule has 0 aliphatic carbocycles. The van der Waals surface area contributed by atoms with Gasteiger partial charge in [-0.15, -0.1) is 0 Å². The molecule has 2 rings (SSSR count). The molecule has 1 fully saturated rings. The fraction of sp³-hybridized carbons (Fsp3) is 0.500. The average molecular weight is 266 g/mol. The second-order valence-electron chi connectivity index (χ2n) is 3.73. The highest BCUT2D eigenvalue weighted by Gasteiger charge is 2.23. The van der Waals surface area contributed by atoms with Gasteiger partial charge in [0, 0.05) is 6.04 Å². The van der Waals surface area contributed by atoms with Crippen LogP contribution in [0.25, 0.3) is 0 Å². The summed E-state index contributed by atoms with van der Waals surface area (Å²) in [5.74, 6) is -4.48. The maximum Gasteiger partial charge on any atom is 0.253 e. The molecule has 0 radical (unpaired) electrons. The fourth-order valence-corrected chi connectivity index (χ4v) is 2.77. The lowest BCUT2D eigenvalue weighted by Crippen LogP contribution is -2.26. The number of rotatable bonds is 2. The van der Waals surface area contributed by atoms with Crippen molar-refractivity contribution in [2.24, 2.45) is 0 Å². The zero-order valence-electron chi connectivity index (χ0n) is 8.77. The normalized spacial score (nSPS) is 17.2. The van der Waals surface area contributed by atoms with Gasteiger partial charge >= 0.3 is 0 Å². The van der Waals surface area contributed by atoms with E-state index in [2.05, 4.69) is 10.3 Å². The first-order valence-corrected chi connectivity index (χ1v) is 6.29. The van der Waals surface area contributed by atoms with Gasteiger partial charge in [-0.2, -0.15) is 34.3 Å². The summed E-state index contributed by atoms with van der Waals surface area (Å²) in [5.41, 5.74) is -0.757. The predicted octanol–water partition coefficient (Wildman–Crippen LogP) is 2.95. The van der Waals surface area contributed by atoms with E-state index >= 15 is 0 Å². The summed E-state index contributed by atoms with van der Waals surface area (Å²) < 4.78 is 52.2. The molecule has 1 aromatic heterocycles. The van der Waals surface area contributed by atoms with Gasteiger partial charge < -0.3 is 5.32 Å². The van der Waals surface area contributed by atoms with Crippen LogP contribution in [-0.2, 0) is 0 Å². The summed E-state index contributed by atoms with van der Waals surface area (Å²) in [6.07, 6.45) is 1.41. The highest BCUT2D eigenvalue weighted by molar-refractivity contribution is 7.99. The van der Waals surface area contributed by atoms with Gasteiger partial charge in [-0.3, -0.25) is 0 Å². The van der Waals surface area contributed by atoms with Crippen molar-refractivity contribution in [3.05, 3.63) is 23.5 Å². The smallest absolute Gasteiger partial charge is 0.253 e. The van der Waals surface area contributed by atoms with Gasteiger partial charge in [0.1, 0.15) is 5.69 Å². The molecule has 0 aromatic carbocycles. The molecule has 0 saturated carbocycles. The van der Waals surface area contributed by atoms with Crippen LogP contribution >= 0.6 is 11.8 Å². The minimum atomic E-state index is -1.63. The molecular formula is C10H10F4N2S. The van der Waals surface area contributed by atoms with Crippen molar-refractivity contribution in [2.45, 2.75) is 18.9 Å². The fourth-order valence-electron chi connectivity index (χ4n) is 1.66. The Bertz CT molecular complexity index is 395. The van der Waals surface area contributed by atoms with Crippen molar-refractivity contribution >= 4 is 17.4 Å². The topological polar surface area (TPSA) is 24.9 Å². The van der Waals surface area contributed by atoms with Crippen LogP contribution in [0.4, 0.5) is 23.2 Å². The standard InChI is InChI=1S/C10H10F4N2S/c11-6-8(7(12)10(14)16-9(6)13)15-5-1-3-17-4-2-5/h5H,1-4H2,(H,15,16). The van der Waals surface area contributed by atoms with E-state index in [9.17, 15) is 17.6 Å². The lowest BCUT2D eigenvalue weighted by Gasteiger charge is -2.24. The summed E-state index contributed by atoms with van der Waals surface area (Å²) in [7, 11) is 0. The molecule has 1 aromatic rings. The van der Waals surface area contributed by atoms with Crippen LogP contribution in [0.15, 0.2) is 0 Å². The number of thioether (sulfide) groups is 1. The van der Waals surface area contributed by atoms with Gasteiger partial charge in [-0.25, -0.2) is 0 Å². The third-order valence-corrected chi connectivity index (χ3v) is 3.62. The Labute approximate surface area is 99.8 Å². The Hall–Kier alpha value is -0.980. The molecule has 0 unspecified atom stereocenters. The summed E-state index contributed by atoms with van der Waals surface area (Å²) in [6, 6.07) is -0.165. The Balaban J connectivity index is 2.24. The van der Waals surface area contributed by atoms with Crippen LogP contribution in [0.1, 0.15) is 12.8 Å². The van der Waals surface area contributed by atoms with Gasteiger partial charge in [0.05, 0.1) is 0 Å². The first-order chi connectivity index (χ1) is 8.09. The number of aromatic nitrogens is 1. The Morgan fingerprint density at radius 2 is 1.53 bits per heavy atom. The number of nitrogens with one attached hydrogen (secondary N) is 1. The van der Waals surface area contributed by atoms with Crippen LogP contribution < -0.4 is 5.32 Å². The lowest BCUT2D eigenvalue weighted by molar-refractivity contribution is 0.409. The SMILES string of the molecule is Fc1nc(F)c(F)c(NC2CCSCC2)c1F. The summed E-state index contributed by atoms with van der Waals surface area (Å²) in [5, 5.41) is 2.52. The number of pyridine rings is 1. The highest BCUT2D eigenvalue weighted by atomic mass is 32.2. The van der Waals surface area contributed by atoms with E-state index in [0.717, 1.165) is 11.5 Å². The molecule has 0 bridgehead atoms. The van der Waals surface area contributed by atoms with Crippen LogP contribution in [0.5, 0.6) is 0 Å². The maximum atomic E-state index is 13.3. The van der Waals surface area contributed by atoms with Crippen LogP contribution in [0.2, 0.25) is 0 Å². The quantitative estimate of drug-likeness (QED) is 0.658. The second kappa shape index (κ2) is 5.12. The molecule has 1 N–H and O–H groups in total. The molecule has 1 aliphatic rings. The third kappa shape index (κ3) is 2.65. The molecular weight excluding hydrogens is 256 g/mol. The van der Waals surface area contributed by atoms with Crippen molar-refractivity contribution in [1.29, 1.82) is 0 Å². The van der Waals surface area contributed by atoms with Gasteiger partial charge in [-0.05, 0) is 24.3 Å².